The summed E-state index contributed by atoms with van der Waals surface area (Å²) in [4.78, 5) is 23.8. The fraction of sp³-hybridized carbons (Fsp3) is 0.385. The molecular weight excluding hydrogens is 274 g/mol. The number of anilines is 1. The minimum absolute atomic E-state index is 0.0698. The summed E-state index contributed by atoms with van der Waals surface area (Å²) in [6.45, 7) is 4.29. The molecule has 0 atom stereocenters. The molecule has 0 fully saturated rings. The molecular formula is C13H17N5O3. The van der Waals surface area contributed by atoms with Crippen molar-refractivity contribution in [2.24, 2.45) is 7.05 Å². The van der Waals surface area contributed by atoms with Crippen molar-refractivity contribution < 1.29 is 14.3 Å². The van der Waals surface area contributed by atoms with Crippen molar-refractivity contribution in [2.45, 2.75) is 20.4 Å². The molecule has 0 aliphatic carbocycles. The van der Waals surface area contributed by atoms with E-state index in [-0.39, 0.29) is 11.4 Å². The third-order valence-electron chi connectivity index (χ3n) is 3.06. The molecule has 0 saturated carbocycles. The second-order valence-electron chi connectivity index (χ2n) is 4.49. The molecule has 0 saturated heterocycles. The maximum absolute atomic E-state index is 12.2. The molecule has 8 nitrogen and oxygen atoms in total. The van der Waals surface area contributed by atoms with Crippen molar-refractivity contribution in [2.75, 3.05) is 12.4 Å². The third kappa shape index (κ3) is 2.93. The van der Waals surface area contributed by atoms with Gasteiger partial charge in [-0.1, -0.05) is 0 Å². The van der Waals surface area contributed by atoms with Gasteiger partial charge in [-0.3, -0.25) is 14.2 Å². The summed E-state index contributed by atoms with van der Waals surface area (Å²) in [7, 11) is 3.02. The highest BCUT2D eigenvalue weighted by molar-refractivity contribution is 6.06. The van der Waals surface area contributed by atoms with Crippen LogP contribution in [0.1, 0.15) is 33.6 Å². The molecule has 0 aromatic carbocycles. The molecule has 2 heterocycles. The van der Waals surface area contributed by atoms with E-state index in [9.17, 15) is 9.59 Å². The van der Waals surface area contributed by atoms with E-state index in [0.717, 1.165) is 5.69 Å². The van der Waals surface area contributed by atoms with Crippen LogP contribution in [0.5, 0.6) is 0 Å². The number of hydrogen-bond acceptors (Lipinski definition) is 5. The van der Waals surface area contributed by atoms with E-state index in [1.165, 1.54) is 7.11 Å². The van der Waals surface area contributed by atoms with Crippen molar-refractivity contribution in [1.82, 2.24) is 19.6 Å². The van der Waals surface area contributed by atoms with Gasteiger partial charge in [0.1, 0.15) is 0 Å². The molecule has 0 spiro atoms. The van der Waals surface area contributed by atoms with Crippen molar-refractivity contribution in [3.05, 3.63) is 29.3 Å². The molecule has 8 heteroatoms. The summed E-state index contributed by atoms with van der Waals surface area (Å²) in [5, 5.41) is 10.8. The van der Waals surface area contributed by atoms with Gasteiger partial charge in [-0.25, -0.2) is 4.79 Å². The van der Waals surface area contributed by atoms with E-state index in [4.69, 9.17) is 0 Å². The normalized spacial score (nSPS) is 10.5. The van der Waals surface area contributed by atoms with Crippen molar-refractivity contribution >= 4 is 17.6 Å². The fourth-order valence-corrected chi connectivity index (χ4v) is 1.78. The number of carbonyl (C=O) groups is 2. The molecule has 0 radical (unpaired) electrons. The lowest BCUT2D eigenvalue weighted by Crippen LogP contribution is -2.15. The number of nitrogens with zero attached hydrogens (tertiary/aromatic N) is 4. The molecule has 0 aliphatic rings. The highest BCUT2D eigenvalue weighted by atomic mass is 16.5. The van der Waals surface area contributed by atoms with E-state index in [1.54, 1.807) is 28.7 Å². The molecule has 1 amide bonds. The van der Waals surface area contributed by atoms with Crippen molar-refractivity contribution in [3.8, 4) is 0 Å². The molecule has 2 rings (SSSR count). The van der Waals surface area contributed by atoms with Crippen LogP contribution in [0.25, 0.3) is 0 Å². The minimum Gasteiger partial charge on any atom is -0.464 e. The number of aryl methyl sites for hydroxylation is 3. The quantitative estimate of drug-likeness (QED) is 0.848. The van der Waals surface area contributed by atoms with E-state index in [2.05, 4.69) is 20.3 Å². The number of esters is 1. The zero-order valence-corrected chi connectivity index (χ0v) is 12.4. The van der Waals surface area contributed by atoms with E-state index < -0.39 is 11.9 Å². The molecule has 112 valence electrons. The van der Waals surface area contributed by atoms with Crippen LogP contribution in [-0.4, -0.2) is 38.5 Å². The van der Waals surface area contributed by atoms with Gasteiger partial charge in [0.05, 0.1) is 12.8 Å². The van der Waals surface area contributed by atoms with Gasteiger partial charge < -0.3 is 10.1 Å². The Hall–Kier alpha value is -2.64. The number of hydrogen-bond donors (Lipinski definition) is 1. The first-order chi connectivity index (χ1) is 9.96. The average molecular weight is 291 g/mol. The van der Waals surface area contributed by atoms with Gasteiger partial charge in [-0.2, -0.15) is 10.2 Å². The Bertz CT molecular complexity index is 667. The highest BCUT2D eigenvalue weighted by Gasteiger charge is 2.20. The number of rotatable bonds is 4. The molecule has 2 aromatic rings. The standard InChI is InChI=1S/C13H17N5O3/c1-5-18-7-10(11(16-18)13(20)21-4)14-12(19)9-6-8(2)17(3)15-9/h6-7H,5H2,1-4H3,(H,14,19). The smallest absolute Gasteiger partial charge is 0.360 e. The zero-order chi connectivity index (χ0) is 15.6. The Morgan fingerprint density at radius 1 is 1.38 bits per heavy atom. The zero-order valence-electron chi connectivity index (χ0n) is 12.4. The lowest BCUT2D eigenvalue weighted by molar-refractivity contribution is 0.0594. The van der Waals surface area contributed by atoms with Crippen LogP contribution in [0, 0.1) is 6.92 Å². The first kappa shape index (κ1) is 14.8. The van der Waals surface area contributed by atoms with E-state index >= 15 is 0 Å². The molecule has 0 bridgehead atoms. The van der Waals surface area contributed by atoms with Gasteiger partial charge >= 0.3 is 5.97 Å². The van der Waals surface area contributed by atoms with Crippen molar-refractivity contribution in [1.29, 1.82) is 0 Å². The van der Waals surface area contributed by atoms with Crippen LogP contribution >= 0.6 is 0 Å². The summed E-state index contributed by atoms with van der Waals surface area (Å²) < 4.78 is 7.81. The summed E-state index contributed by atoms with van der Waals surface area (Å²) in [5.74, 6) is -1.01. The topological polar surface area (TPSA) is 91.0 Å². The first-order valence-electron chi connectivity index (χ1n) is 6.44. The summed E-state index contributed by atoms with van der Waals surface area (Å²) in [6.07, 6.45) is 1.58. The number of amides is 1. The summed E-state index contributed by atoms with van der Waals surface area (Å²) in [5.41, 5.74) is 1.50. The van der Waals surface area contributed by atoms with Crippen molar-refractivity contribution in [3.63, 3.8) is 0 Å². The first-order valence-corrected chi connectivity index (χ1v) is 6.44. The Kier molecular flexibility index (Phi) is 4.06. The van der Waals surface area contributed by atoms with Gasteiger partial charge in [0.15, 0.2) is 11.4 Å². The van der Waals surface area contributed by atoms with Crippen LogP contribution in [0.3, 0.4) is 0 Å². The largest absolute Gasteiger partial charge is 0.464 e. The number of ether oxygens (including phenoxy) is 1. The lowest BCUT2D eigenvalue weighted by atomic mass is 10.3. The van der Waals surface area contributed by atoms with Crippen LogP contribution < -0.4 is 5.32 Å². The second-order valence-corrected chi connectivity index (χ2v) is 4.49. The minimum atomic E-state index is -0.602. The maximum Gasteiger partial charge on any atom is 0.360 e. The molecule has 21 heavy (non-hydrogen) atoms. The van der Waals surface area contributed by atoms with Gasteiger partial charge in [0.2, 0.25) is 0 Å². The Morgan fingerprint density at radius 2 is 2.10 bits per heavy atom. The van der Waals surface area contributed by atoms with Crippen LogP contribution in [0.15, 0.2) is 12.3 Å². The van der Waals surface area contributed by atoms with Crippen LogP contribution in [-0.2, 0) is 18.3 Å². The Balaban J connectivity index is 2.28. The third-order valence-corrected chi connectivity index (χ3v) is 3.06. The predicted molar refractivity (Wildman–Crippen MR) is 75.1 cm³/mol. The molecule has 0 unspecified atom stereocenters. The van der Waals surface area contributed by atoms with Gasteiger partial charge in [-0.15, -0.1) is 0 Å². The summed E-state index contributed by atoms with van der Waals surface area (Å²) in [6, 6.07) is 1.66. The number of methoxy groups -OCH3 is 1. The second kappa shape index (κ2) is 5.78. The molecule has 0 aliphatic heterocycles. The Morgan fingerprint density at radius 3 is 2.62 bits per heavy atom. The lowest BCUT2D eigenvalue weighted by Gasteiger charge is -2.01. The maximum atomic E-state index is 12.2. The highest BCUT2D eigenvalue weighted by Crippen LogP contribution is 2.16. The van der Waals surface area contributed by atoms with Gasteiger partial charge in [-0.05, 0) is 19.9 Å². The average Bonchev–Trinajstić information content (AvgIpc) is 3.02. The number of carbonyl (C=O) groups excluding carboxylic acids is 2. The van der Waals surface area contributed by atoms with E-state index in [0.29, 0.717) is 12.2 Å². The monoisotopic (exact) mass is 291 g/mol. The molecule has 2 aromatic heterocycles. The van der Waals surface area contributed by atoms with Crippen LogP contribution in [0.4, 0.5) is 5.69 Å². The molecule has 1 N–H and O–H groups in total. The Labute approximate surface area is 121 Å². The number of aromatic nitrogens is 4. The number of nitrogens with one attached hydrogen (secondary N) is 1. The van der Waals surface area contributed by atoms with Gasteiger partial charge in [0, 0.05) is 25.5 Å². The predicted octanol–water partition coefficient (Wildman–Crippen LogP) is 0.984. The van der Waals surface area contributed by atoms with E-state index in [1.807, 2.05) is 13.8 Å². The van der Waals surface area contributed by atoms with Crippen LogP contribution in [0.2, 0.25) is 0 Å². The summed E-state index contributed by atoms with van der Waals surface area (Å²) >= 11 is 0. The fourth-order valence-electron chi connectivity index (χ4n) is 1.78. The SMILES string of the molecule is CCn1cc(NC(=O)c2cc(C)n(C)n2)c(C(=O)OC)n1. The van der Waals surface area contributed by atoms with Gasteiger partial charge in [0.25, 0.3) is 5.91 Å².